The molecule has 0 aliphatic rings. The lowest BCUT2D eigenvalue weighted by Crippen LogP contribution is -2.10. The van der Waals surface area contributed by atoms with Crippen LogP contribution in [0.3, 0.4) is 0 Å². The summed E-state index contributed by atoms with van der Waals surface area (Å²) in [6.07, 6.45) is 0.372. The van der Waals surface area contributed by atoms with Gasteiger partial charge in [0.25, 0.3) is 0 Å². The molecule has 6 nitrogen and oxygen atoms in total. The summed E-state index contributed by atoms with van der Waals surface area (Å²) in [5, 5.41) is 14.0. The molecule has 128 valence electrons. The minimum absolute atomic E-state index is 0.310. The molecule has 1 aromatic carbocycles. The zero-order chi connectivity index (χ0) is 17.7. The predicted octanol–water partition coefficient (Wildman–Crippen LogP) is 4.22. The Bertz CT molecular complexity index is 773. The highest BCUT2D eigenvalue weighted by atomic mass is 35.5. The number of carboxylic acids is 1. The molecule has 1 aromatic heterocycles. The fourth-order valence-electron chi connectivity index (χ4n) is 2.11. The summed E-state index contributed by atoms with van der Waals surface area (Å²) in [4.78, 5) is 20.8. The number of carboxylic acid groups (broad SMARTS) is 1. The number of fused-ring (bicyclic) bond motifs is 1. The van der Waals surface area contributed by atoms with Crippen molar-refractivity contribution in [1.82, 2.24) is 4.98 Å². The highest BCUT2D eigenvalue weighted by Crippen LogP contribution is 2.32. The van der Waals surface area contributed by atoms with Crippen LogP contribution in [0, 0.1) is 0 Å². The van der Waals surface area contributed by atoms with Crippen molar-refractivity contribution in [2.24, 2.45) is 5.16 Å². The van der Waals surface area contributed by atoms with Crippen LogP contribution in [0.15, 0.2) is 29.4 Å². The van der Waals surface area contributed by atoms with E-state index in [2.05, 4.69) is 10.1 Å². The van der Waals surface area contributed by atoms with Crippen molar-refractivity contribution in [3.8, 4) is 5.75 Å². The zero-order valence-corrected chi connectivity index (χ0v) is 14.5. The van der Waals surface area contributed by atoms with E-state index >= 15 is 0 Å². The normalized spacial score (nSPS) is 11.8. The lowest BCUT2D eigenvalue weighted by Gasteiger charge is -2.15. The Hall–Kier alpha value is -2.34. The number of carbonyl (C=O) groups is 1. The van der Waals surface area contributed by atoms with Crippen molar-refractivity contribution in [2.45, 2.75) is 33.3 Å². The van der Waals surface area contributed by atoms with Gasteiger partial charge in [-0.15, -0.1) is 0 Å². The van der Waals surface area contributed by atoms with Crippen LogP contribution in [0.5, 0.6) is 5.75 Å². The number of ether oxygens (including phenoxy) is 1. The van der Waals surface area contributed by atoms with E-state index in [4.69, 9.17) is 26.3 Å². The molecule has 0 spiro atoms. The summed E-state index contributed by atoms with van der Waals surface area (Å²) in [7, 11) is 0. The van der Waals surface area contributed by atoms with Gasteiger partial charge in [-0.3, -0.25) is 0 Å². The van der Waals surface area contributed by atoms with Crippen LogP contribution in [-0.2, 0) is 9.63 Å². The monoisotopic (exact) mass is 350 g/mol. The summed E-state index contributed by atoms with van der Waals surface area (Å²) in [6, 6.07) is 6.91. The van der Waals surface area contributed by atoms with Gasteiger partial charge in [0.15, 0.2) is 12.7 Å². The number of nitrogens with zero attached hydrogens (tertiary/aromatic N) is 2. The van der Waals surface area contributed by atoms with Crippen LogP contribution in [0.2, 0.25) is 5.02 Å². The molecular weight excluding hydrogens is 332 g/mol. The van der Waals surface area contributed by atoms with E-state index in [0.29, 0.717) is 33.8 Å². The Labute approximate surface area is 145 Å². The standard InChI is InChI=1S/C17H19ClN2O4/c1-4-14(24-20-10(2)3)13-7-5-11-12(18)6-8-15(17(11)19-13)23-9-16(21)22/h5-8,14H,4,9H2,1-3H3,(H,21,22). The van der Waals surface area contributed by atoms with E-state index < -0.39 is 12.6 Å². The van der Waals surface area contributed by atoms with E-state index in [9.17, 15) is 4.79 Å². The van der Waals surface area contributed by atoms with Crippen LogP contribution in [0.1, 0.15) is 39.0 Å². The van der Waals surface area contributed by atoms with Crippen molar-refractivity contribution in [1.29, 1.82) is 0 Å². The van der Waals surface area contributed by atoms with Gasteiger partial charge in [-0.1, -0.05) is 23.7 Å². The Kier molecular flexibility index (Phi) is 5.98. The molecule has 24 heavy (non-hydrogen) atoms. The highest BCUT2D eigenvalue weighted by molar-refractivity contribution is 6.35. The second-order valence-electron chi connectivity index (χ2n) is 5.40. The van der Waals surface area contributed by atoms with Crippen molar-refractivity contribution < 1.29 is 19.5 Å². The molecule has 0 fully saturated rings. The first-order valence-electron chi connectivity index (χ1n) is 7.53. The van der Waals surface area contributed by atoms with Gasteiger partial charge in [-0.25, -0.2) is 9.78 Å². The summed E-state index contributed by atoms with van der Waals surface area (Å²) in [6.45, 7) is 5.21. The molecule has 7 heteroatoms. The highest BCUT2D eigenvalue weighted by Gasteiger charge is 2.16. The number of pyridine rings is 1. The van der Waals surface area contributed by atoms with Crippen molar-refractivity contribution in [3.63, 3.8) is 0 Å². The first kappa shape index (κ1) is 18.0. The van der Waals surface area contributed by atoms with E-state index in [1.54, 1.807) is 12.1 Å². The molecule has 0 radical (unpaired) electrons. The number of hydrogen-bond donors (Lipinski definition) is 1. The van der Waals surface area contributed by atoms with E-state index in [-0.39, 0.29) is 6.10 Å². The number of benzene rings is 1. The van der Waals surface area contributed by atoms with Crippen molar-refractivity contribution >= 4 is 34.2 Å². The molecule has 0 aliphatic carbocycles. The Morgan fingerprint density at radius 3 is 2.71 bits per heavy atom. The smallest absolute Gasteiger partial charge is 0.341 e. The molecule has 2 rings (SSSR count). The largest absolute Gasteiger partial charge is 0.480 e. The number of aromatic nitrogens is 1. The van der Waals surface area contributed by atoms with Crippen LogP contribution < -0.4 is 4.74 Å². The maximum atomic E-state index is 10.7. The first-order valence-corrected chi connectivity index (χ1v) is 7.91. The maximum Gasteiger partial charge on any atom is 0.341 e. The number of aliphatic carboxylic acids is 1. The van der Waals surface area contributed by atoms with Crippen LogP contribution >= 0.6 is 11.6 Å². The van der Waals surface area contributed by atoms with Crippen molar-refractivity contribution in [2.75, 3.05) is 6.61 Å². The van der Waals surface area contributed by atoms with Gasteiger partial charge in [0.2, 0.25) is 0 Å². The fourth-order valence-corrected chi connectivity index (χ4v) is 2.33. The maximum absolute atomic E-state index is 10.7. The fraction of sp³-hybridized carbons (Fsp3) is 0.353. The van der Waals surface area contributed by atoms with Gasteiger partial charge in [-0.05, 0) is 44.5 Å². The molecule has 0 bridgehead atoms. The summed E-state index contributed by atoms with van der Waals surface area (Å²) >= 11 is 6.20. The third-order valence-corrected chi connectivity index (χ3v) is 3.53. The van der Waals surface area contributed by atoms with Gasteiger partial charge in [-0.2, -0.15) is 0 Å². The topological polar surface area (TPSA) is 81.0 Å². The van der Waals surface area contributed by atoms with Crippen LogP contribution in [0.4, 0.5) is 0 Å². The molecule has 1 atom stereocenters. The summed E-state index contributed by atoms with van der Waals surface area (Å²) in [5.74, 6) is -0.694. The van der Waals surface area contributed by atoms with Gasteiger partial charge in [0, 0.05) is 5.39 Å². The quantitative estimate of drug-likeness (QED) is 0.597. The lowest BCUT2D eigenvalue weighted by molar-refractivity contribution is -0.139. The first-order chi connectivity index (χ1) is 11.4. The second-order valence-corrected chi connectivity index (χ2v) is 5.81. The van der Waals surface area contributed by atoms with Gasteiger partial charge in [0.05, 0.1) is 16.4 Å². The molecule has 0 amide bonds. The zero-order valence-electron chi connectivity index (χ0n) is 13.7. The van der Waals surface area contributed by atoms with Crippen molar-refractivity contribution in [3.05, 3.63) is 35.0 Å². The molecule has 2 aromatic rings. The molecule has 0 aliphatic heterocycles. The Morgan fingerprint density at radius 2 is 2.08 bits per heavy atom. The number of oxime groups is 1. The predicted molar refractivity (Wildman–Crippen MR) is 92.8 cm³/mol. The third kappa shape index (κ3) is 4.35. The summed E-state index contributed by atoms with van der Waals surface area (Å²) in [5.41, 5.74) is 1.99. The molecule has 1 heterocycles. The number of rotatable bonds is 7. The third-order valence-electron chi connectivity index (χ3n) is 3.20. The molecule has 1 unspecified atom stereocenters. The van der Waals surface area contributed by atoms with E-state index in [1.165, 1.54) is 0 Å². The average Bonchev–Trinajstić information content (AvgIpc) is 2.54. The molecule has 1 N–H and O–H groups in total. The second kappa shape index (κ2) is 7.97. The van der Waals surface area contributed by atoms with Gasteiger partial charge < -0.3 is 14.7 Å². The average molecular weight is 351 g/mol. The Morgan fingerprint density at radius 1 is 1.33 bits per heavy atom. The van der Waals surface area contributed by atoms with E-state index in [0.717, 1.165) is 5.71 Å². The number of hydrogen-bond acceptors (Lipinski definition) is 5. The molecule has 0 saturated heterocycles. The number of halogens is 1. The molecule has 0 saturated carbocycles. The van der Waals surface area contributed by atoms with Crippen LogP contribution in [-0.4, -0.2) is 28.4 Å². The lowest BCUT2D eigenvalue weighted by atomic mass is 10.1. The SMILES string of the molecule is CCC(ON=C(C)C)c1ccc2c(Cl)ccc(OCC(=O)O)c2n1. The summed E-state index contributed by atoms with van der Waals surface area (Å²) < 4.78 is 5.31. The van der Waals surface area contributed by atoms with Gasteiger partial charge in [0.1, 0.15) is 11.3 Å². The van der Waals surface area contributed by atoms with E-state index in [1.807, 2.05) is 32.9 Å². The van der Waals surface area contributed by atoms with Gasteiger partial charge >= 0.3 is 5.97 Å². The molecular formula is C17H19ClN2O4. The minimum Gasteiger partial charge on any atom is -0.480 e. The minimum atomic E-state index is -1.06. The Balaban J connectivity index is 2.44. The van der Waals surface area contributed by atoms with Crippen LogP contribution in [0.25, 0.3) is 10.9 Å².